The topological polar surface area (TPSA) is 18.5 Å². The number of rotatable bonds is 3. The first-order chi connectivity index (χ1) is 7.79. The second-order valence-electron chi connectivity index (χ2n) is 4.05. The van der Waals surface area contributed by atoms with Gasteiger partial charge in [-0.15, -0.1) is 0 Å². The van der Waals surface area contributed by atoms with Gasteiger partial charge in [0.25, 0.3) is 0 Å². The molecule has 0 saturated carbocycles. The predicted octanol–water partition coefficient (Wildman–Crippen LogP) is 3.57. The summed E-state index contributed by atoms with van der Waals surface area (Å²) in [5, 5.41) is 0. The molecule has 0 spiro atoms. The molecular weight excluding hydrogens is 268 g/mol. The summed E-state index contributed by atoms with van der Waals surface area (Å²) in [7, 11) is 0. The molecule has 0 bridgehead atoms. The van der Waals surface area contributed by atoms with Crippen molar-refractivity contribution in [3.05, 3.63) is 28.2 Å². The minimum Gasteiger partial charge on any atom is -0.489 e. The lowest BCUT2D eigenvalue weighted by molar-refractivity contribution is 0.0252. The van der Waals surface area contributed by atoms with Gasteiger partial charge in [0.05, 0.1) is 17.7 Å². The lowest BCUT2D eigenvalue weighted by atomic mass is 10.1. The van der Waals surface area contributed by atoms with Gasteiger partial charge in [0.2, 0.25) is 0 Å². The van der Waals surface area contributed by atoms with Gasteiger partial charge in [-0.3, -0.25) is 0 Å². The Hall–Kier alpha value is -0.540. The Morgan fingerprint density at radius 1 is 1.38 bits per heavy atom. The molecule has 0 amide bonds. The van der Waals surface area contributed by atoms with E-state index in [0.29, 0.717) is 6.10 Å². The molecular formula is C13H17BrO2. The third kappa shape index (κ3) is 2.98. The Kier molecular flexibility index (Phi) is 4.24. The van der Waals surface area contributed by atoms with Crippen LogP contribution in [0.15, 0.2) is 22.7 Å². The third-order valence-corrected chi connectivity index (χ3v) is 3.49. The highest BCUT2D eigenvalue weighted by molar-refractivity contribution is 9.10. The van der Waals surface area contributed by atoms with Crippen molar-refractivity contribution in [2.45, 2.75) is 32.3 Å². The summed E-state index contributed by atoms with van der Waals surface area (Å²) < 4.78 is 12.3. The van der Waals surface area contributed by atoms with Crippen LogP contribution >= 0.6 is 15.9 Å². The molecule has 0 aromatic heterocycles. The molecule has 1 aromatic carbocycles. The van der Waals surface area contributed by atoms with Gasteiger partial charge in [-0.2, -0.15) is 0 Å². The summed E-state index contributed by atoms with van der Waals surface area (Å²) >= 11 is 3.56. The maximum Gasteiger partial charge on any atom is 0.133 e. The largest absolute Gasteiger partial charge is 0.489 e. The monoisotopic (exact) mass is 284 g/mol. The molecule has 0 radical (unpaired) electrons. The van der Waals surface area contributed by atoms with Crippen molar-refractivity contribution in [2.75, 3.05) is 13.2 Å². The average Bonchev–Trinajstić information content (AvgIpc) is 2.33. The Labute approximate surface area is 105 Å². The van der Waals surface area contributed by atoms with E-state index in [1.54, 1.807) is 0 Å². The van der Waals surface area contributed by atoms with Crippen LogP contribution in [0.5, 0.6) is 5.75 Å². The molecule has 0 atom stereocenters. The van der Waals surface area contributed by atoms with Gasteiger partial charge >= 0.3 is 0 Å². The Balaban J connectivity index is 2.03. The van der Waals surface area contributed by atoms with Crippen LogP contribution in [0.4, 0.5) is 0 Å². The Bertz CT molecular complexity index is 346. The summed E-state index contributed by atoms with van der Waals surface area (Å²) in [5.74, 6) is 0.948. The first-order valence-corrected chi connectivity index (χ1v) is 6.61. The minimum absolute atomic E-state index is 0.303. The van der Waals surface area contributed by atoms with Gasteiger partial charge in [-0.25, -0.2) is 0 Å². The van der Waals surface area contributed by atoms with Crippen molar-refractivity contribution in [1.82, 2.24) is 0 Å². The van der Waals surface area contributed by atoms with Crippen molar-refractivity contribution >= 4 is 15.9 Å². The van der Waals surface area contributed by atoms with Crippen LogP contribution in [-0.2, 0) is 11.2 Å². The standard InChI is InChI=1S/C13H17BrO2/c1-2-10-3-4-13(12(14)9-10)16-11-5-7-15-8-6-11/h3-4,9,11H,2,5-8H2,1H3. The number of benzene rings is 1. The van der Waals surface area contributed by atoms with Crippen molar-refractivity contribution in [3.8, 4) is 5.75 Å². The number of ether oxygens (including phenoxy) is 2. The lowest BCUT2D eigenvalue weighted by Crippen LogP contribution is -2.25. The first-order valence-electron chi connectivity index (χ1n) is 5.82. The minimum atomic E-state index is 0.303. The molecule has 1 aliphatic heterocycles. The highest BCUT2D eigenvalue weighted by atomic mass is 79.9. The van der Waals surface area contributed by atoms with Gasteiger partial charge in [-0.05, 0) is 40.0 Å². The molecule has 0 aliphatic carbocycles. The Morgan fingerprint density at radius 2 is 2.12 bits per heavy atom. The van der Waals surface area contributed by atoms with Gasteiger partial charge in [0.1, 0.15) is 11.9 Å². The molecule has 1 saturated heterocycles. The fraction of sp³-hybridized carbons (Fsp3) is 0.538. The van der Waals surface area contributed by atoms with Crippen LogP contribution in [0.2, 0.25) is 0 Å². The molecule has 1 aliphatic rings. The smallest absolute Gasteiger partial charge is 0.133 e. The number of hydrogen-bond acceptors (Lipinski definition) is 2. The van der Waals surface area contributed by atoms with Crippen molar-refractivity contribution in [3.63, 3.8) is 0 Å². The fourth-order valence-corrected chi connectivity index (χ4v) is 2.35. The molecule has 88 valence electrons. The van der Waals surface area contributed by atoms with Crippen LogP contribution in [0.1, 0.15) is 25.3 Å². The highest BCUT2D eigenvalue weighted by Gasteiger charge is 2.16. The zero-order valence-corrected chi connectivity index (χ0v) is 11.1. The van der Waals surface area contributed by atoms with E-state index in [9.17, 15) is 0 Å². The zero-order chi connectivity index (χ0) is 11.4. The zero-order valence-electron chi connectivity index (χ0n) is 9.54. The summed E-state index contributed by atoms with van der Waals surface area (Å²) in [6.45, 7) is 3.78. The van der Waals surface area contributed by atoms with Crippen LogP contribution in [0.25, 0.3) is 0 Å². The van der Waals surface area contributed by atoms with Crippen molar-refractivity contribution in [2.24, 2.45) is 0 Å². The lowest BCUT2D eigenvalue weighted by Gasteiger charge is -2.24. The fourth-order valence-electron chi connectivity index (χ4n) is 1.83. The summed E-state index contributed by atoms with van der Waals surface area (Å²) in [5.41, 5.74) is 1.33. The number of hydrogen-bond donors (Lipinski definition) is 0. The number of halogens is 1. The maximum atomic E-state index is 5.96. The third-order valence-electron chi connectivity index (χ3n) is 2.87. The van der Waals surface area contributed by atoms with Gasteiger partial charge in [0, 0.05) is 12.8 Å². The first kappa shape index (κ1) is 11.9. The summed E-state index contributed by atoms with van der Waals surface area (Å²) in [6.07, 6.45) is 3.33. The molecule has 1 fully saturated rings. The normalized spacial score (nSPS) is 17.4. The van der Waals surface area contributed by atoms with E-state index in [1.807, 2.05) is 0 Å². The highest BCUT2D eigenvalue weighted by Crippen LogP contribution is 2.28. The van der Waals surface area contributed by atoms with E-state index >= 15 is 0 Å². The van der Waals surface area contributed by atoms with Gasteiger partial charge in [-0.1, -0.05) is 13.0 Å². The molecule has 1 heterocycles. The molecule has 16 heavy (non-hydrogen) atoms. The molecule has 2 rings (SSSR count). The molecule has 0 unspecified atom stereocenters. The van der Waals surface area contributed by atoms with E-state index in [2.05, 4.69) is 41.1 Å². The van der Waals surface area contributed by atoms with E-state index < -0.39 is 0 Å². The SMILES string of the molecule is CCc1ccc(OC2CCOCC2)c(Br)c1. The summed E-state index contributed by atoms with van der Waals surface area (Å²) in [6, 6.07) is 6.31. The van der Waals surface area contributed by atoms with Crippen LogP contribution in [-0.4, -0.2) is 19.3 Å². The van der Waals surface area contributed by atoms with E-state index in [1.165, 1.54) is 5.56 Å². The van der Waals surface area contributed by atoms with Crippen LogP contribution < -0.4 is 4.74 Å². The number of aryl methyl sites for hydroxylation is 1. The second kappa shape index (κ2) is 5.69. The van der Waals surface area contributed by atoms with Gasteiger partial charge in [0.15, 0.2) is 0 Å². The van der Waals surface area contributed by atoms with Crippen molar-refractivity contribution in [1.29, 1.82) is 0 Å². The molecule has 2 nitrogen and oxygen atoms in total. The molecule has 3 heteroatoms. The van der Waals surface area contributed by atoms with E-state index in [0.717, 1.165) is 42.7 Å². The van der Waals surface area contributed by atoms with Gasteiger partial charge < -0.3 is 9.47 Å². The van der Waals surface area contributed by atoms with Crippen molar-refractivity contribution < 1.29 is 9.47 Å². The Morgan fingerprint density at radius 3 is 2.75 bits per heavy atom. The molecule has 0 N–H and O–H groups in total. The predicted molar refractivity (Wildman–Crippen MR) is 68.0 cm³/mol. The molecule has 1 aromatic rings. The van der Waals surface area contributed by atoms with E-state index in [-0.39, 0.29) is 0 Å². The maximum absolute atomic E-state index is 5.96. The van der Waals surface area contributed by atoms with Crippen LogP contribution in [0, 0.1) is 0 Å². The second-order valence-corrected chi connectivity index (χ2v) is 4.90. The van der Waals surface area contributed by atoms with E-state index in [4.69, 9.17) is 9.47 Å². The summed E-state index contributed by atoms with van der Waals surface area (Å²) in [4.78, 5) is 0. The van der Waals surface area contributed by atoms with Crippen LogP contribution in [0.3, 0.4) is 0 Å². The quantitative estimate of drug-likeness (QED) is 0.845. The average molecular weight is 285 g/mol.